The molecule has 4 rings (SSSR count). The molecule has 8 heteroatoms. The molecule has 0 bridgehead atoms. The summed E-state index contributed by atoms with van der Waals surface area (Å²) < 4.78 is 11.3. The summed E-state index contributed by atoms with van der Waals surface area (Å²) in [6, 6.07) is 18.3. The van der Waals surface area contributed by atoms with Crippen LogP contribution in [0.3, 0.4) is 0 Å². The molecule has 0 aromatic heterocycles. The highest BCUT2D eigenvalue weighted by Gasteiger charge is 2.57. The molecule has 2 aromatic carbocycles. The zero-order valence-corrected chi connectivity index (χ0v) is 17.9. The van der Waals surface area contributed by atoms with E-state index >= 15 is 0 Å². The van der Waals surface area contributed by atoms with Crippen molar-refractivity contribution in [1.82, 2.24) is 4.90 Å². The Morgan fingerprint density at radius 3 is 2.26 bits per heavy atom. The molecule has 162 valence electrons. The fraction of sp³-hybridized carbons (Fsp3) is 0.348. The molecule has 2 aliphatic rings. The van der Waals surface area contributed by atoms with Gasteiger partial charge in [-0.3, -0.25) is 14.4 Å². The van der Waals surface area contributed by atoms with Crippen molar-refractivity contribution in [1.29, 1.82) is 0 Å². The number of hydrogen-bond acceptors (Lipinski definition) is 7. The van der Waals surface area contributed by atoms with Crippen molar-refractivity contribution in [2.45, 2.75) is 24.4 Å². The van der Waals surface area contributed by atoms with E-state index in [4.69, 9.17) is 15.2 Å². The van der Waals surface area contributed by atoms with Crippen LogP contribution < -0.4 is 5.73 Å². The molecule has 31 heavy (non-hydrogen) atoms. The van der Waals surface area contributed by atoms with E-state index in [2.05, 4.69) is 0 Å². The fourth-order valence-electron chi connectivity index (χ4n) is 3.85. The van der Waals surface area contributed by atoms with Crippen molar-refractivity contribution >= 4 is 29.6 Å². The second kappa shape index (κ2) is 8.72. The Kier molecular flexibility index (Phi) is 6.02. The minimum absolute atomic E-state index is 0.111. The number of thioether (sulfide) groups is 1. The first-order valence-corrected chi connectivity index (χ1v) is 11.1. The van der Waals surface area contributed by atoms with Crippen molar-refractivity contribution in [2.24, 2.45) is 11.1 Å². The van der Waals surface area contributed by atoms with Gasteiger partial charge in [0.05, 0.1) is 0 Å². The van der Waals surface area contributed by atoms with Gasteiger partial charge < -0.3 is 20.1 Å². The molecule has 0 saturated carbocycles. The van der Waals surface area contributed by atoms with Gasteiger partial charge in [0.2, 0.25) is 5.91 Å². The number of esters is 2. The number of rotatable bonds is 6. The van der Waals surface area contributed by atoms with E-state index in [1.807, 2.05) is 60.7 Å². The topological polar surface area (TPSA) is 98.9 Å². The number of carbonyl (C=O) groups is 3. The summed E-state index contributed by atoms with van der Waals surface area (Å²) in [7, 11) is 0. The first-order valence-electron chi connectivity index (χ1n) is 10.0. The first-order chi connectivity index (χ1) is 14.9. The predicted molar refractivity (Wildman–Crippen MR) is 116 cm³/mol. The molecule has 0 spiro atoms. The normalized spacial score (nSPS) is 24.9. The lowest BCUT2D eigenvalue weighted by Gasteiger charge is -2.52. The fourth-order valence-corrected chi connectivity index (χ4v) is 5.32. The summed E-state index contributed by atoms with van der Waals surface area (Å²) >= 11 is 1.42. The smallest absolute Gasteiger partial charge is 0.319 e. The first kappa shape index (κ1) is 21.4. The molecular formula is C23H24N2O5S. The van der Waals surface area contributed by atoms with Gasteiger partial charge in [-0.15, -0.1) is 11.8 Å². The minimum Gasteiger partial charge on any atom is -0.465 e. The molecule has 2 fully saturated rings. The number of nitrogens with two attached hydrogens (primary N) is 1. The average Bonchev–Trinajstić information content (AvgIpc) is 2.81. The van der Waals surface area contributed by atoms with E-state index in [1.165, 1.54) is 18.7 Å². The highest BCUT2D eigenvalue weighted by atomic mass is 32.2. The number of carbonyl (C=O) groups excluding carboxylic acids is 3. The standard InChI is InChI=1S/C23H24N2O5S/c1-15(26)29-13-23(12-25-20(27)18(24)21(25)31-14-23)22(28)30-19(16-8-4-2-5-9-16)17-10-6-3-7-11-17/h2-11,18-19,21H,12-14,24H2,1H3/t18?,21-,23?/m1/s1. The van der Waals surface area contributed by atoms with Crippen molar-refractivity contribution in [3.05, 3.63) is 71.8 Å². The maximum absolute atomic E-state index is 13.6. The van der Waals surface area contributed by atoms with Gasteiger partial charge in [0.25, 0.3) is 0 Å². The van der Waals surface area contributed by atoms with Crippen LogP contribution in [-0.4, -0.2) is 53.1 Å². The van der Waals surface area contributed by atoms with Crippen LogP contribution >= 0.6 is 11.8 Å². The Bertz CT molecular complexity index is 931. The molecule has 0 radical (unpaired) electrons. The molecule has 2 aliphatic heterocycles. The van der Waals surface area contributed by atoms with Crippen LogP contribution in [0, 0.1) is 5.41 Å². The second-order valence-corrected chi connectivity index (χ2v) is 8.97. The van der Waals surface area contributed by atoms with Crippen LogP contribution in [0.4, 0.5) is 0 Å². The molecule has 2 unspecified atom stereocenters. The van der Waals surface area contributed by atoms with Gasteiger partial charge in [0.15, 0.2) is 6.10 Å². The van der Waals surface area contributed by atoms with E-state index in [9.17, 15) is 14.4 Å². The Hall–Kier alpha value is -2.84. The van der Waals surface area contributed by atoms with Gasteiger partial charge in [0, 0.05) is 19.2 Å². The molecular weight excluding hydrogens is 416 g/mol. The Morgan fingerprint density at radius 1 is 1.13 bits per heavy atom. The summed E-state index contributed by atoms with van der Waals surface area (Å²) in [6.45, 7) is 1.25. The third-order valence-electron chi connectivity index (χ3n) is 5.60. The van der Waals surface area contributed by atoms with Crippen LogP contribution in [-0.2, 0) is 23.9 Å². The predicted octanol–water partition coefficient (Wildman–Crippen LogP) is 2.11. The van der Waals surface area contributed by atoms with Crippen LogP contribution in [0.1, 0.15) is 24.2 Å². The summed E-state index contributed by atoms with van der Waals surface area (Å²) in [5, 5.41) is -0.162. The Balaban J connectivity index is 1.62. The number of benzene rings is 2. The number of ether oxygens (including phenoxy) is 2. The lowest BCUT2D eigenvalue weighted by Crippen LogP contribution is -2.72. The Morgan fingerprint density at radius 2 is 1.71 bits per heavy atom. The molecule has 2 heterocycles. The van der Waals surface area contributed by atoms with Gasteiger partial charge >= 0.3 is 11.9 Å². The average molecular weight is 441 g/mol. The van der Waals surface area contributed by atoms with E-state index in [0.29, 0.717) is 5.75 Å². The van der Waals surface area contributed by atoms with Crippen molar-refractivity contribution in [3.63, 3.8) is 0 Å². The minimum atomic E-state index is -1.16. The number of amides is 1. The maximum Gasteiger partial charge on any atom is 0.319 e. The third-order valence-corrected chi connectivity index (χ3v) is 7.21. The third kappa shape index (κ3) is 4.18. The second-order valence-electron chi connectivity index (χ2n) is 7.86. The van der Waals surface area contributed by atoms with Gasteiger partial charge in [-0.05, 0) is 11.1 Å². The zero-order valence-electron chi connectivity index (χ0n) is 17.1. The SMILES string of the molecule is CC(=O)OCC1(C(=O)OC(c2ccccc2)c2ccccc2)CS[C@@H]2C(N)C(=O)N2C1. The quantitative estimate of drug-likeness (QED) is 0.543. The Labute approximate surface area is 184 Å². The number of fused-ring (bicyclic) bond motifs is 1. The maximum atomic E-state index is 13.6. The lowest BCUT2D eigenvalue weighted by molar-refractivity contribution is -0.170. The molecule has 2 aromatic rings. The lowest BCUT2D eigenvalue weighted by atomic mass is 9.87. The number of nitrogens with zero attached hydrogens (tertiary/aromatic N) is 1. The summed E-state index contributed by atoms with van der Waals surface area (Å²) in [5.74, 6) is -0.864. The van der Waals surface area contributed by atoms with Gasteiger partial charge in [-0.1, -0.05) is 60.7 Å². The van der Waals surface area contributed by atoms with Crippen LogP contribution in [0.25, 0.3) is 0 Å². The summed E-state index contributed by atoms with van der Waals surface area (Å²) in [5.41, 5.74) is 6.37. The molecule has 3 atom stereocenters. The van der Waals surface area contributed by atoms with E-state index < -0.39 is 29.5 Å². The van der Waals surface area contributed by atoms with Gasteiger partial charge in [-0.2, -0.15) is 0 Å². The summed E-state index contributed by atoms with van der Waals surface area (Å²) in [4.78, 5) is 38.9. The highest BCUT2D eigenvalue weighted by Crippen LogP contribution is 2.43. The van der Waals surface area contributed by atoms with Crippen molar-refractivity contribution in [2.75, 3.05) is 18.9 Å². The molecule has 1 amide bonds. The van der Waals surface area contributed by atoms with Crippen LogP contribution in [0.15, 0.2) is 60.7 Å². The molecule has 7 nitrogen and oxygen atoms in total. The van der Waals surface area contributed by atoms with Gasteiger partial charge in [0.1, 0.15) is 23.4 Å². The highest BCUT2D eigenvalue weighted by molar-refractivity contribution is 8.00. The van der Waals surface area contributed by atoms with E-state index in [1.54, 1.807) is 4.90 Å². The number of hydrogen-bond donors (Lipinski definition) is 1. The van der Waals surface area contributed by atoms with Crippen molar-refractivity contribution < 1.29 is 23.9 Å². The van der Waals surface area contributed by atoms with Gasteiger partial charge in [-0.25, -0.2) is 0 Å². The van der Waals surface area contributed by atoms with E-state index in [-0.39, 0.29) is 24.4 Å². The van der Waals surface area contributed by atoms with Crippen LogP contribution in [0.2, 0.25) is 0 Å². The largest absolute Gasteiger partial charge is 0.465 e. The van der Waals surface area contributed by atoms with E-state index in [0.717, 1.165) is 11.1 Å². The molecule has 2 saturated heterocycles. The number of β-lactam (4-membered cyclic amide) rings is 1. The summed E-state index contributed by atoms with van der Waals surface area (Å²) in [6.07, 6.45) is -0.624. The molecule has 2 N–H and O–H groups in total. The molecule has 0 aliphatic carbocycles. The van der Waals surface area contributed by atoms with Crippen LogP contribution in [0.5, 0.6) is 0 Å². The zero-order chi connectivity index (χ0) is 22.0. The monoisotopic (exact) mass is 440 g/mol. The van der Waals surface area contributed by atoms with Crippen molar-refractivity contribution in [3.8, 4) is 0 Å².